The molecule has 0 fully saturated rings. The average molecular weight is 255 g/mol. The van der Waals surface area contributed by atoms with Crippen molar-refractivity contribution < 1.29 is 4.74 Å². The molecular formula is C10H13N3OS2. The SMILES string of the molecule is CNc1nc(-c2cnc(CCOC)s2)cs1. The summed E-state index contributed by atoms with van der Waals surface area (Å²) in [6.45, 7) is 0.714. The first kappa shape index (κ1) is 11.5. The number of nitrogens with zero attached hydrogens (tertiary/aromatic N) is 2. The minimum Gasteiger partial charge on any atom is -0.384 e. The van der Waals surface area contributed by atoms with Gasteiger partial charge in [0.1, 0.15) is 0 Å². The molecule has 0 aliphatic heterocycles. The van der Waals surface area contributed by atoms with Gasteiger partial charge in [-0.1, -0.05) is 0 Å². The van der Waals surface area contributed by atoms with Gasteiger partial charge < -0.3 is 10.1 Å². The maximum absolute atomic E-state index is 5.03. The zero-order valence-electron chi connectivity index (χ0n) is 9.19. The number of rotatable bonds is 5. The topological polar surface area (TPSA) is 47.0 Å². The van der Waals surface area contributed by atoms with E-state index in [1.54, 1.807) is 29.8 Å². The molecule has 0 saturated carbocycles. The zero-order valence-corrected chi connectivity index (χ0v) is 10.8. The zero-order chi connectivity index (χ0) is 11.4. The minimum atomic E-state index is 0.714. The number of aromatic nitrogens is 2. The second kappa shape index (κ2) is 5.38. The molecule has 0 radical (unpaired) electrons. The van der Waals surface area contributed by atoms with Gasteiger partial charge in [-0.3, -0.25) is 0 Å². The lowest BCUT2D eigenvalue weighted by Gasteiger charge is -1.92. The molecule has 6 heteroatoms. The summed E-state index contributed by atoms with van der Waals surface area (Å²) in [6, 6.07) is 0. The van der Waals surface area contributed by atoms with Crippen molar-refractivity contribution in [2.75, 3.05) is 26.1 Å². The largest absolute Gasteiger partial charge is 0.384 e. The normalized spacial score (nSPS) is 10.6. The van der Waals surface area contributed by atoms with Gasteiger partial charge in [-0.25, -0.2) is 9.97 Å². The summed E-state index contributed by atoms with van der Waals surface area (Å²) in [5.41, 5.74) is 0.996. The molecule has 16 heavy (non-hydrogen) atoms. The third-order valence-electron chi connectivity index (χ3n) is 2.04. The molecule has 4 nitrogen and oxygen atoms in total. The van der Waals surface area contributed by atoms with Crippen LogP contribution in [-0.2, 0) is 11.2 Å². The van der Waals surface area contributed by atoms with Crippen LogP contribution in [-0.4, -0.2) is 30.7 Å². The number of thiazole rings is 2. The summed E-state index contributed by atoms with van der Waals surface area (Å²) in [5, 5.41) is 7.10. The lowest BCUT2D eigenvalue weighted by atomic mass is 10.4. The molecular weight excluding hydrogens is 242 g/mol. The average Bonchev–Trinajstić information content (AvgIpc) is 2.94. The molecule has 0 aromatic carbocycles. The predicted molar refractivity (Wildman–Crippen MR) is 68.3 cm³/mol. The summed E-state index contributed by atoms with van der Waals surface area (Å²) in [5.74, 6) is 0. The Morgan fingerprint density at radius 3 is 3.06 bits per heavy atom. The van der Waals surface area contributed by atoms with Crippen LogP contribution in [0.2, 0.25) is 0 Å². The minimum absolute atomic E-state index is 0.714. The van der Waals surface area contributed by atoms with Crippen molar-refractivity contribution in [2.45, 2.75) is 6.42 Å². The van der Waals surface area contributed by atoms with Crippen molar-refractivity contribution in [3.05, 3.63) is 16.6 Å². The van der Waals surface area contributed by atoms with E-state index in [1.165, 1.54) is 0 Å². The highest BCUT2D eigenvalue weighted by Gasteiger charge is 2.07. The molecule has 0 spiro atoms. The molecule has 1 N–H and O–H groups in total. The van der Waals surface area contributed by atoms with Gasteiger partial charge in [0, 0.05) is 32.2 Å². The standard InChI is InChI=1S/C10H13N3OS2/c1-11-10-13-7(6-15-10)8-5-12-9(16-8)3-4-14-2/h5-6H,3-4H2,1-2H3,(H,11,13). The van der Waals surface area contributed by atoms with Crippen molar-refractivity contribution in [1.29, 1.82) is 0 Å². The maximum Gasteiger partial charge on any atom is 0.182 e. The molecule has 2 heterocycles. The van der Waals surface area contributed by atoms with Crippen LogP contribution < -0.4 is 5.32 Å². The van der Waals surface area contributed by atoms with Gasteiger partial charge >= 0.3 is 0 Å². The third-order valence-corrected chi connectivity index (χ3v) is 3.98. The van der Waals surface area contributed by atoms with Crippen LogP contribution in [0.1, 0.15) is 5.01 Å². The number of hydrogen-bond acceptors (Lipinski definition) is 6. The summed E-state index contributed by atoms with van der Waals surface area (Å²) in [7, 11) is 3.58. The van der Waals surface area contributed by atoms with Crippen LogP contribution in [0.15, 0.2) is 11.6 Å². The Morgan fingerprint density at radius 1 is 1.50 bits per heavy atom. The number of nitrogens with one attached hydrogen (secondary N) is 1. The number of hydrogen-bond donors (Lipinski definition) is 1. The second-order valence-electron chi connectivity index (χ2n) is 3.15. The number of anilines is 1. The molecule has 0 unspecified atom stereocenters. The van der Waals surface area contributed by atoms with Crippen LogP contribution in [0, 0.1) is 0 Å². The Kier molecular flexibility index (Phi) is 3.87. The summed E-state index contributed by atoms with van der Waals surface area (Å²) in [6.07, 6.45) is 2.74. The van der Waals surface area contributed by atoms with Crippen LogP contribution in [0.25, 0.3) is 10.6 Å². The van der Waals surface area contributed by atoms with E-state index >= 15 is 0 Å². The number of methoxy groups -OCH3 is 1. The first-order chi connectivity index (χ1) is 7.83. The highest BCUT2D eigenvalue weighted by atomic mass is 32.1. The third kappa shape index (κ3) is 2.58. The highest BCUT2D eigenvalue weighted by Crippen LogP contribution is 2.29. The molecule has 0 amide bonds. The monoisotopic (exact) mass is 255 g/mol. The molecule has 0 saturated heterocycles. The van der Waals surface area contributed by atoms with Crippen molar-refractivity contribution in [3.8, 4) is 10.6 Å². The van der Waals surface area contributed by atoms with Gasteiger partial charge in [-0.2, -0.15) is 0 Å². The fourth-order valence-electron chi connectivity index (χ4n) is 1.24. The molecule has 0 aliphatic carbocycles. The van der Waals surface area contributed by atoms with Crippen molar-refractivity contribution in [1.82, 2.24) is 9.97 Å². The molecule has 2 aromatic heterocycles. The van der Waals surface area contributed by atoms with Crippen LogP contribution in [0.3, 0.4) is 0 Å². The summed E-state index contributed by atoms with van der Waals surface area (Å²) >= 11 is 3.28. The van der Waals surface area contributed by atoms with Gasteiger partial charge in [0.25, 0.3) is 0 Å². The van der Waals surface area contributed by atoms with Crippen LogP contribution in [0.5, 0.6) is 0 Å². The van der Waals surface area contributed by atoms with Gasteiger partial charge in [-0.15, -0.1) is 22.7 Å². The van der Waals surface area contributed by atoms with E-state index in [0.29, 0.717) is 6.61 Å². The van der Waals surface area contributed by atoms with E-state index in [4.69, 9.17) is 4.74 Å². The quantitative estimate of drug-likeness (QED) is 0.891. The summed E-state index contributed by atoms with van der Waals surface area (Å²) < 4.78 is 5.03. The predicted octanol–water partition coefficient (Wildman–Crippen LogP) is 2.50. The van der Waals surface area contributed by atoms with E-state index in [9.17, 15) is 0 Å². The second-order valence-corrected chi connectivity index (χ2v) is 5.12. The lowest BCUT2D eigenvalue weighted by molar-refractivity contribution is 0.202. The van der Waals surface area contributed by atoms with Gasteiger partial charge in [0.05, 0.1) is 22.2 Å². The van der Waals surface area contributed by atoms with Gasteiger partial charge in [-0.05, 0) is 0 Å². The van der Waals surface area contributed by atoms with E-state index in [1.807, 2.05) is 18.6 Å². The van der Waals surface area contributed by atoms with E-state index in [2.05, 4.69) is 15.3 Å². The first-order valence-corrected chi connectivity index (χ1v) is 6.60. The first-order valence-electron chi connectivity index (χ1n) is 4.90. The van der Waals surface area contributed by atoms with Crippen molar-refractivity contribution in [3.63, 3.8) is 0 Å². The Hall–Kier alpha value is -0.980. The van der Waals surface area contributed by atoms with Crippen LogP contribution in [0.4, 0.5) is 5.13 Å². The molecule has 0 bridgehead atoms. The van der Waals surface area contributed by atoms with Gasteiger partial charge in [0.2, 0.25) is 0 Å². The van der Waals surface area contributed by atoms with E-state index in [-0.39, 0.29) is 0 Å². The fraction of sp³-hybridized carbons (Fsp3) is 0.400. The smallest absolute Gasteiger partial charge is 0.182 e. The van der Waals surface area contributed by atoms with Crippen molar-refractivity contribution in [2.24, 2.45) is 0 Å². The lowest BCUT2D eigenvalue weighted by Crippen LogP contribution is -1.92. The molecule has 2 rings (SSSR count). The van der Waals surface area contributed by atoms with Crippen LogP contribution >= 0.6 is 22.7 Å². The van der Waals surface area contributed by atoms with Crippen molar-refractivity contribution >= 4 is 27.8 Å². The Balaban J connectivity index is 2.11. The van der Waals surface area contributed by atoms with E-state index < -0.39 is 0 Å². The summed E-state index contributed by atoms with van der Waals surface area (Å²) in [4.78, 5) is 9.90. The van der Waals surface area contributed by atoms with E-state index in [0.717, 1.165) is 27.1 Å². The molecule has 0 aliphatic rings. The number of ether oxygens (including phenoxy) is 1. The Bertz CT molecular complexity index is 452. The highest BCUT2D eigenvalue weighted by molar-refractivity contribution is 7.16. The van der Waals surface area contributed by atoms with Gasteiger partial charge in [0.15, 0.2) is 5.13 Å². The fourth-order valence-corrected chi connectivity index (χ4v) is 2.84. The Labute approximate surface area is 102 Å². The maximum atomic E-state index is 5.03. The molecule has 86 valence electrons. The Morgan fingerprint density at radius 2 is 2.38 bits per heavy atom. The molecule has 0 atom stereocenters. The molecule has 2 aromatic rings.